The summed E-state index contributed by atoms with van der Waals surface area (Å²) in [6.45, 7) is 4.88. The molecule has 0 saturated heterocycles. The Kier molecular flexibility index (Phi) is 3.97. The highest BCUT2D eigenvalue weighted by Crippen LogP contribution is 2.24. The number of aromatic nitrogens is 2. The fourth-order valence-electron chi connectivity index (χ4n) is 1.72. The van der Waals surface area contributed by atoms with Crippen molar-refractivity contribution in [2.75, 3.05) is 0 Å². The summed E-state index contributed by atoms with van der Waals surface area (Å²) >= 11 is 0. The second-order valence-electron chi connectivity index (χ2n) is 4.48. The largest absolute Gasteiger partial charge is 0.449 e. The minimum Gasteiger partial charge on any atom is -0.449 e. The zero-order valence-corrected chi connectivity index (χ0v) is 11.7. The van der Waals surface area contributed by atoms with Crippen LogP contribution < -0.4 is 0 Å². The van der Waals surface area contributed by atoms with E-state index in [-0.39, 0.29) is 17.1 Å². The number of rotatable bonds is 4. The van der Waals surface area contributed by atoms with Crippen molar-refractivity contribution < 1.29 is 18.9 Å². The van der Waals surface area contributed by atoms with Gasteiger partial charge in [-0.1, -0.05) is 6.07 Å². The number of ether oxygens (including phenoxy) is 1. The third kappa shape index (κ3) is 3.22. The van der Waals surface area contributed by atoms with Crippen molar-refractivity contribution in [1.82, 2.24) is 10.2 Å². The Morgan fingerprint density at radius 1 is 1.38 bits per heavy atom. The van der Waals surface area contributed by atoms with Gasteiger partial charge in [0.05, 0.1) is 4.92 Å². The minimum atomic E-state index is -0.811. The van der Waals surface area contributed by atoms with E-state index in [1.807, 2.05) is 0 Å². The van der Waals surface area contributed by atoms with Crippen LogP contribution in [0.2, 0.25) is 0 Å². The summed E-state index contributed by atoms with van der Waals surface area (Å²) in [4.78, 5) is 22.4. The molecule has 0 aliphatic heterocycles. The lowest BCUT2D eigenvalue weighted by Crippen LogP contribution is -2.12. The molecule has 0 aliphatic rings. The lowest BCUT2D eigenvalue weighted by molar-refractivity contribution is -0.385. The first-order valence-corrected chi connectivity index (χ1v) is 6.14. The SMILES string of the molecule is Cc1ccc([N+](=O)[O-])c(C(=O)O[C@H](C)c2nnc(C)o2)c1. The topological polar surface area (TPSA) is 108 Å². The Balaban J connectivity index is 2.24. The monoisotopic (exact) mass is 291 g/mol. The number of nitro benzene ring substituents is 1. The van der Waals surface area contributed by atoms with Crippen LogP contribution in [-0.4, -0.2) is 21.1 Å². The number of esters is 1. The van der Waals surface area contributed by atoms with E-state index in [0.717, 1.165) is 0 Å². The lowest BCUT2D eigenvalue weighted by Gasteiger charge is -2.10. The highest BCUT2D eigenvalue weighted by atomic mass is 16.6. The number of aryl methyl sites for hydroxylation is 2. The summed E-state index contributed by atoms with van der Waals surface area (Å²) in [7, 11) is 0. The van der Waals surface area contributed by atoms with Gasteiger partial charge in [0.2, 0.25) is 5.89 Å². The van der Waals surface area contributed by atoms with Crippen LogP contribution in [-0.2, 0) is 4.74 Å². The number of benzene rings is 1. The van der Waals surface area contributed by atoms with E-state index in [2.05, 4.69) is 10.2 Å². The van der Waals surface area contributed by atoms with Crippen molar-refractivity contribution in [3.05, 3.63) is 51.2 Å². The van der Waals surface area contributed by atoms with Gasteiger partial charge in [-0.2, -0.15) is 0 Å². The Morgan fingerprint density at radius 3 is 2.67 bits per heavy atom. The Labute approximate surface area is 119 Å². The molecule has 21 heavy (non-hydrogen) atoms. The molecule has 8 nitrogen and oxygen atoms in total. The third-order valence-corrected chi connectivity index (χ3v) is 2.74. The van der Waals surface area contributed by atoms with Crippen LogP contribution in [0.15, 0.2) is 22.6 Å². The maximum atomic E-state index is 12.1. The highest BCUT2D eigenvalue weighted by Gasteiger charge is 2.25. The van der Waals surface area contributed by atoms with Crippen LogP contribution in [0.3, 0.4) is 0 Å². The van der Waals surface area contributed by atoms with E-state index in [9.17, 15) is 14.9 Å². The number of hydrogen-bond donors (Lipinski definition) is 0. The molecule has 0 N–H and O–H groups in total. The van der Waals surface area contributed by atoms with Crippen molar-refractivity contribution in [1.29, 1.82) is 0 Å². The zero-order valence-electron chi connectivity index (χ0n) is 11.7. The van der Waals surface area contributed by atoms with Gasteiger partial charge in [0.15, 0.2) is 6.10 Å². The maximum absolute atomic E-state index is 12.1. The summed E-state index contributed by atoms with van der Waals surface area (Å²) in [5.74, 6) is -0.334. The zero-order chi connectivity index (χ0) is 15.6. The predicted octanol–water partition coefficient (Wildman–Crippen LogP) is 2.51. The van der Waals surface area contributed by atoms with Gasteiger partial charge in [-0.3, -0.25) is 10.1 Å². The van der Waals surface area contributed by atoms with Crippen molar-refractivity contribution in [3.63, 3.8) is 0 Å². The summed E-state index contributed by atoms with van der Waals surface area (Å²) in [6.07, 6.45) is -0.793. The van der Waals surface area contributed by atoms with E-state index in [1.54, 1.807) is 26.8 Å². The average Bonchev–Trinajstić information content (AvgIpc) is 2.85. The van der Waals surface area contributed by atoms with Crippen molar-refractivity contribution in [2.24, 2.45) is 0 Å². The molecule has 0 saturated carbocycles. The second-order valence-corrected chi connectivity index (χ2v) is 4.48. The smallest absolute Gasteiger partial charge is 0.345 e. The molecule has 0 amide bonds. The van der Waals surface area contributed by atoms with E-state index >= 15 is 0 Å². The fourth-order valence-corrected chi connectivity index (χ4v) is 1.72. The molecular formula is C13H13N3O5. The molecule has 0 aliphatic carbocycles. The molecule has 1 heterocycles. The average molecular weight is 291 g/mol. The van der Waals surface area contributed by atoms with Crippen molar-refractivity contribution in [3.8, 4) is 0 Å². The predicted molar refractivity (Wildman–Crippen MR) is 70.7 cm³/mol. The van der Waals surface area contributed by atoms with Gasteiger partial charge < -0.3 is 9.15 Å². The first-order valence-electron chi connectivity index (χ1n) is 6.14. The van der Waals surface area contributed by atoms with Gasteiger partial charge in [0.1, 0.15) is 5.56 Å². The van der Waals surface area contributed by atoms with Crippen molar-refractivity contribution in [2.45, 2.75) is 26.9 Å². The quantitative estimate of drug-likeness (QED) is 0.483. The summed E-state index contributed by atoms with van der Waals surface area (Å²) < 4.78 is 10.3. The van der Waals surface area contributed by atoms with Gasteiger partial charge in [-0.05, 0) is 25.5 Å². The molecule has 8 heteroatoms. The number of nitrogens with zero attached hydrogens (tertiary/aromatic N) is 3. The Bertz CT molecular complexity index is 695. The highest BCUT2D eigenvalue weighted by molar-refractivity contribution is 5.94. The van der Waals surface area contributed by atoms with Gasteiger partial charge >= 0.3 is 5.97 Å². The molecule has 0 unspecified atom stereocenters. The molecule has 0 radical (unpaired) electrons. The molecule has 0 fully saturated rings. The van der Waals surface area contributed by atoms with Gasteiger partial charge in [-0.25, -0.2) is 4.79 Å². The van der Waals surface area contributed by atoms with Crippen LogP contribution >= 0.6 is 0 Å². The lowest BCUT2D eigenvalue weighted by atomic mass is 10.1. The van der Waals surface area contributed by atoms with E-state index in [1.165, 1.54) is 12.1 Å². The first kappa shape index (κ1) is 14.6. The van der Waals surface area contributed by atoms with E-state index < -0.39 is 17.0 Å². The summed E-state index contributed by atoms with van der Waals surface area (Å²) in [5, 5.41) is 18.3. The first-order chi connectivity index (χ1) is 9.88. The minimum absolute atomic E-state index is 0.108. The fraction of sp³-hybridized carbons (Fsp3) is 0.308. The molecule has 1 aromatic heterocycles. The maximum Gasteiger partial charge on any atom is 0.345 e. The van der Waals surface area contributed by atoms with E-state index in [0.29, 0.717) is 11.5 Å². The summed E-state index contributed by atoms with van der Waals surface area (Å²) in [6, 6.07) is 4.24. The van der Waals surface area contributed by atoms with Crippen LogP contribution in [0.5, 0.6) is 0 Å². The van der Waals surface area contributed by atoms with Crippen LogP contribution in [0.25, 0.3) is 0 Å². The number of carbonyl (C=O) groups excluding carboxylic acids is 1. The van der Waals surface area contributed by atoms with Gasteiger partial charge in [-0.15, -0.1) is 10.2 Å². The summed E-state index contributed by atoms with van der Waals surface area (Å²) in [5.41, 5.74) is 0.302. The molecule has 1 aromatic carbocycles. The second kappa shape index (κ2) is 5.70. The Hall–Kier alpha value is -2.77. The molecule has 0 spiro atoms. The van der Waals surface area contributed by atoms with Crippen molar-refractivity contribution >= 4 is 11.7 Å². The van der Waals surface area contributed by atoms with Gasteiger partial charge in [0, 0.05) is 13.0 Å². The molecule has 1 atom stereocenters. The number of hydrogen-bond acceptors (Lipinski definition) is 7. The molecule has 110 valence electrons. The van der Waals surface area contributed by atoms with Gasteiger partial charge in [0.25, 0.3) is 11.6 Å². The molecule has 0 bridgehead atoms. The third-order valence-electron chi connectivity index (χ3n) is 2.74. The number of nitro groups is 1. The molecular weight excluding hydrogens is 278 g/mol. The van der Waals surface area contributed by atoms with Crippen LogP contribution in [0.1, 0.15) is 40.7 Å². The van der Waals surface area contributed by atoms with Crippen LogP contribution in [0.4, 0.5) is 5.69 Å². The van der Waals surface area contributed by atoms with E-state index in [4.69, 9.17) is 9.15 Å². The Morgan fingerprint density at radius 2 is 2.10 bits per heavy atom. The standard InChI is InChI=1S/C13H13N3O5/c1-7-4-5-11(16(18)19)10(6-7)13(17)20-8(2)12-15-14-9(3)21-12/h4-6,8H,1-3H3/t8-/m1/s1. The normalized spacial score (nSPS) is 12.0. The molecule has 2 rings (SSSR count). The molecule has 2 aromatic rings. The van der Waals surface area contributed by atoms with Crippen LogP contribution in [0, 0.1) is 24.0 Å². The number of carbonyl (C=O) groups is 1.